The van der Waals surface area contributed by atoms with E-state index in [1.54, 1.807) is 0 Å². The molecule has 0 saturated heterocycles. The number of hydrogen-bond donors (Lipinski definition) is 0. The van der Waals surface area contributed by atoms with Crippen molar-refractivity contribution in [2.24, 2.45) is 0 Å². The number of para-hydroxylation sites is 1. The first-order valence-electron chi connectivity index (χ1n) is 7.29. The molecule has 2 aliphatic rings. The molecule has 2 nitrogen and oxygen atoms in total. The quantitative estimate of drug-likeness (QED) is 0.821. The van der Waals surface area contributed by atoms with E-state index in [9.17, 15) is 0 Å². The molecule has 1 saturated carbocycles. The average molecular weight is 254 g/mol. The Morgan fingerprint density at radius 2 is 1.95 bits per heavy atom. The lowest BCUT2D eigenvalue weighted by Gasteiger charge is -2.16. The van der Waals surface area contributed by atoms with Crippen LogP contribution in [0.4, 0.5) is 0 Å². The van der Waals surface area contributed by atoms with Gasteiger partial charge in [-0.2, -0.15) is 0 Å². The molecule has 2 aliphatic carbocycles. The largest absolute Gasteiger partial charge is 0.491 e. The van der Waals surface area contributed by atoms with Crippen LogP contribution in [0.1, 0.15) is 38.5 Å². The molecule has 0 N–H and O–H groups in total. The third kappa shape index (κ3) is 1.86. The molecule has 0 spiro atoms. The van der Waals surface area contributed by atoms with Gasteiger partial charge in [0.15, 0.2) is 5.42 Å². The lowest BCUT2D eigenvalue weighted by molar-refractivity contribution is 0.159. The number of fused-ring (bicyclic) bond motifs is 3. The molecule has 98 valence electrons. The van der Waals surface area contributed by atoms with Gasteiger partial charge < -0.3 is 9.15 Å². The van der Waals surface area contributed by atoms with Gasteiger partial charge >= 0.3 is 0 Å². The highest BCUT2D eigenvalue weighted by atomic mass is 16.5. The average Bonchev–Trinajstić information content (AvgIpc) is 3.06. The molecular formula is C17H18O2. The molecule has 0 bridgehead atoms. The maximum atomic E-state index is 6.21. The summed E-state index contributed by atoms with van der Waals surface area (Å²) in [6.45, 7) is 0. The molecule has 4 rings (SSSR count). The fourth-order valence-electron chi connectivity index (χ4n) is 3.26. The fourth-order valence-corrected chi connectivity index (χ4v) is 3.26. The van der Waals surface area contributed by atoms with Crippen molar-refractivity contribution in [2.75, 3.05) is 0 Å². The molecule has 0 radical (unpaired) electrons. The van der Waals surface area contributed by atoms with Crippen LogP contribution in [0.25, 0.3) is 22.8 Å². The lowest BCUT2D eigenvalue weighted by atomic mass is 10.1. The Balaban J connectivity index is 1.87. The predicted octanol–water partition coefficient (Wildman–Crippen LogP) is 3.07. The number of ether oxygens (including phenoxy) is 1. The van der Waals surface area contributed by atoms with E-state index in [0.717, 1.165) is 29.6 Å². The van der Waals surface area contributed by atoms with Crippen LogP contribution in [0, 0.1) is 0 Å². The predicted molar refractivity (Wildman–Crippen MR) is 75.9 cm³/mol. The minimum absolute atomic E-state index is 0.411. The van der Waals surface area contributed by atoms with Crippen molar-refractivity contribution in [1.82, 2.24) is 0 Å². The summed E-state index contributed by atoms with van der Waals surface area (Å²) in [4.78, 5) is 0. The van der Waals surface area contributed by atoms with Crippen LogP contribution < -0.4 is 10.6 Å². The summed E-state index contributed by atoms with van der Waals surface area (Å²) in [5, 5.41) is 2.44. The zero-order chi connectivity index (χ0) is 12.7. The third-order valence-electron chi connectivity index (χ3n) is 4.22. The highest BCUT2D eigenvalue weighted by molar-refractivity contribution is 5.79. The first-order valence-corrected chi connectivity index (χ1v) is 7.29. The summed E-state index contributed by atoms with van der Waals surface area (Å²) in [6, 6.07) is 8.26. The van der Waals surface area contributed by atoms with Gasteiger partial charge in [0.25, 0.3) is 0 Å². The van der Waals surface area contributed by atoms with Crippen LogP contribution in [0.5, 0.6) is 0 Å². The number of rotatable bonds is 2. The number of hydrogen-bond acceptors (Lipinski definition) is 2. The summed E-state index contributed by atoms with van der Waals surface area (Å²) in [5.74, 6) is 1.07. The SMILES string of the molecule is C1=c2c(oc3ccccc23)=C(OC2CCCC2)CC1. The smallest absolute Gasteiger partial charge is 0.172 e. The maximum Gasteiger partial charge on any atom is 0.172 e. The van der Waals surface area contributed by atoms with E-state index in [0.29, 0.717) is 6.10 Å². The van der Waals surface area contributed by atoms with Crippen molar-refractivity contribution in [3.05, 3.63) is 34.9 Å². The van der Waals surface area contributed by atoms with Gasteiger partial charge in [-0.05, 0) is 38.2 Å². The Labute approximate surface area is 112 Å². The third-order valence-corrected chi connectivity index (χ3v) is 4.22. The zero-order valence-corrected chi connectivity index (χ0v) is 11.0. The van der Waals surface area contributed by atoms with Gasteiger partial charge in [-0.15, -0.1) is 0 Å². The molecule has 1 aromatic heterocycles. The molecule has 19 heavy (non-hydrogen) atoms. The van der Waals surface area contributed by atoms with Gasteiger partial charge in [0.05, 0.1) is 6.10 Å². The first-order chi connectivity index (χ1) is 9.42. The van der Waals surface area contributed by atoms with E-state index >= 15 is 0 Å². The lowest BCUT2D eigenvalue weighted by Crippen LogP contribution is -2.28. The Morgan fingerprint density at radius 1 is 1.11 bits per heavy atom. The van der Waals surface area contributed by atoms with Gasteiger partial charge in [-0.1, -0.05) is 24.3 Å². The topological polar surface area (TPSA) is 22.4 Å². The van der Waals surface area contributed by atoms with E-state index in [4.69, 9.17) is 9.15 Å². The summed E-state index contributed by atoms with van der Waals surface area (Å²) >= 11 is 0. The van der Waals surface area contributed by atoms with E-state index in [-0.39, 0.29) is 0 Å². The molecule has 0 atom stereocenters. The minimum atomic E-state index is 0.411. The van der Waals surface area contributed by atoms with Crippen LogP contribution in [-0.2, 0) is 4.74 Å². The standard InChI is InChI=1S/C17H18O2/c1-2-7-12(6-1)18-16-11-5-9-14-13-8-3-4-10-15(13)19-17(14)16/h3-4,8-10,12H,1-2,5-7,11H2. The van der Waals surface area contributed by atoms with Crippen LogP contribution >= 0.6 is 0 Å². The highest BCUT2D eigenvalue weighted by Gasteiger charge is 2.20. The van der Waals surface area contributed by atoms with Gasteiger partial charge in [0.2, 0.25) is 0 Å². The summed E-state index contributed by atoms with van der Waals surface area (Å²) in [5.41, 5.74) is 1.94. The van der Waals surface area contributed by atoms with Crippen LogP contribution in [-0.4, -0.2) is 6.10 Å². The Hall–Kier alpha value is -1.70. The summed E-state index contributed by atoms with van der Waals surface area (Å²) in [6.07, 6.45) is 9.72. The van der Waals surface area contributed by atoms with Crippen molar-refractivity contribution in [3.63, 3.8) is 0 Å². The number of furan rings is 1. The van der Waals surface area contributed by atoms with E-state index in [2.05, 4.69) is 18.2 Å². The normalized spacial score (nSPS) is 19.5. The summed E-state index contributed by atoms with van der Waals surface area (Å²) in [7, 11) is 0. The molecule has 0 aliphatic heterocycles. The molecule has 1 heterocycles. The van der Waals surface area contributed by atoms with Gasteiger partial charge in [-0.3, -0.25) is 0 Å². The van der Waals surface area contributed by atoms with Gasteiger partial charge in [0.1, 0.15) is 11.3 Å². The monoisotopic (exact) mass is 254 g/mol. The zero-order valence-electron chi connectivity index (χ0n) is 11.0. The summed E-state index contributed by atoms with van der Waals surface area (Å²) < 4.78 is 12.2. The van der Waals surface area contributed by atoms with Crippen LogP contribution in [0.2, 0.25) is 0 Å². The Morgan fingerprint density at radius 3 is 2.84 bits per heavy atom. The second-order valence-electron chi connectivity index (χ2n) is 5.53. The number of benzene rings is 1. The molecular weight excluding hydrogens is 236 g/mol. The first kappa shape index (κ1) is 11.2. The second-order valence-corrected chi connectivity index (χ2v) is 5.53. The van der Waals surface area contributed by atoms with Crippen molar-refractivity contribution in [3.8, 4) is 0 Å². The van der Waals surface area contributed by atoms with E-state index in [1.165, 1.54) is 36.3 Å². The Bertz CT molecular complexity index is 717. The molecule has 2 heteroatoms. The molecule has 0 amide bonds. The van der Waals surface area contributed by atoms with E-state index < -0.39 is 0 Å². The van der Waals surface area contributed by atoms with Crippen LogP contribution in [0.3, 0.4) is 0 Å². The van der Waals surface area contributed by atoms with E-state index in [1.807, 2.05) is 12.1 Å². The second kappa shape index (κ2) is 4.44. The minimum Gasteiger partial charge on any atom is -0.491 e. The molecule has 2 aromatic rings. The van der Waals surface area contributed by atoms with Crippen molar-refractivity contribution in [2.45, 2.75) is 44.6 Å². The highest BCUT2D eigenvalue weighted by Crippen LogP contribution is 2.25. The van der Waals surface area contributed by atoms with Crippen molar-refractivity contribution >= 4 is 22.8 Å². The molecule has 1 fully saturated rings. The van der Waals surface area contributed by atoms with Crippen molar-refractivity contribution in [1.29, 1.82) is 0 Å². The molecule has 1 aromatic carbocycles. The van der Waals surface area contributed by atoms with Gasteiger partial charge in [0, 0.05) is 17.0 Å². The van der Waals surface area contributed by atoms with Crippen LogP contribution in [0.15, 0.2) is 28.7 Å². The fraction of sp³-hybridized carbons (Fsp3) is 0.412. The van der Waals surface area contributed by atoms with Crippen molar-refractivity contribution < 1.29 is 9.15 Å². The van der Waals surface area contributed by atoms with Gasteiger partial charge in [-0.25, -0.2) is 0 Å². The maximum absolute atomic E-state index is 6.21. The Kier molecular flexibility index (Phi) is 2.61. The molecule has 0 unspecified atom stereocenters.